The standard InChI is InChI=1S/C10H12BrN3O4/c11-7-3-9(14(15)16)10(13-4-7)18-6-8-5-12-1-2-17-8/h3-4,8,12H,1-2,5-6H2. The number of halogens is 1. The van der Waals surface area contributed by atoms with Gasteiger partial charge in [-0.25, -0.2) is 4.98 Å². The highest BCUT2D eigenvalue weighted by Crippen LogP contribution is 2.27. The van der Waals surface area contributed by atoms with Gasteiger partial charge in [-0.2, -0.15) is 0 Å². The van der Waals surface area contributed by atoms with E-state index in [1.54, 1.807) is 0 Å². The van der Waals surface area contributed by atoms with Crippen molar-refractivity contribution in [3.8, 4) is 5.88 Å². The van der Waals surface area contributed by atoms with Gasteiger partial charge in [-0.1, -0.05) is 0 Å². The minimum Gasteiger partial charge on any atom is -0.470 e. The Morgan fingerprint density at radius 1 is 1.72 bits per heavy atom. The van der Waals surface area contributed by atoms with Crippen LogP contribution in [0.5, 0.6) is 5.88 Å². The van der Waals surface area contributed by atoms with Crippen molar-refractivity contribution < 1.29 is 14.4 Å². The average molecular weight is 318 g/mol. The number of hydrogen-bond acceptors (Lipinski definition) is 6. The molecule has 0 saturated carbocycles. The summed E-state index contributed by atoms with van der Waals surface area (Å²) in [5.74, 6) is 0.0115. The summed E-state index contributed by atoms with van der Waals surface area (Å²) in [7, 11) is 0. The first kappa shape index (κ1) is 13.2. The molecule has 98 valence electrons. The molecule has 1 atom stereocenters. The van der Waals surface area contributed by atoms with E-state index in [4.69, 9.17) is 9.47 Å². The fourth-order valence-electron chi connectivity index (χ4n) is 1.56. The summed E-state index contributed by atoms with van der Waals surface area (Å²) in [6.45, 7) is 2.34. The molecule has 0 aliphatic carbocycles. The molecule has 1 aliphatic heterocycles. The van der Waals surface area contributed by atoms with Crippen molar-refractivity contribution in [2.45, 2.75) is 6.10 Å². The van der Waals surface area contributed by atoms with Gasteiger partial charge in [-0.05, 0) is 15.9 Å². The van der Waals surface area contributed by atoms with Gasteiger partial charge in [0.05, 0.1) is 11.5 Å². The smallest absolute Gasteiger partial charge is 0.332 e. The normalized spacial score (nSPS) is 19.5. The third-order valence-corrected chi connectivity index (χ3v) is 2.84. The highest BCUT2D eigenvalue weighted by Gasteiger charge is 2.20. The van der Waals surface area contributed by atoms with E-state index in [0.29, 0.717) is 17.6 Å². The molecule has 1 N–H and O–H groups in total. The third kappa shape index (κ3) is 3.37. The molecular formula is C10H12BrN3O4. The van der Waals surface area contributed by atoms with E-state index in [2.05, 4.69) is 26.2 Å². The molecule has 1 aromatic heterocycles. The third-order valence-electron chi connectivity index (χ3n) is 2.41. The van der Waals surface area contributed by atoms with Crippen LogP contribution in [0.4, 0.5) is 5.69 Å². The Bertz CT molecular complexity index is 437. The highest BCUT2D eigenvalue weighted by molar-refractivity contribution is 9.10. The summed E-state index contributed by atoms with van der Waals surface area (Å²) in [6.07, 6.45) is 1.35. The van der Waals surface area contributed by atoms with Gasteiger partial charge in [0.1, 0.15) is 12.7 Å². The summed E-state index contributed by atoms with van der Waals surface area (Å²) in [5.41, 5.74) is -0.159. The van der Waals surface area contributed by atoms with E-state index in [1.807, 2.05) is 0 Å². The van der Waals surface area contributed by atoms with Gasteiger partial charge in [0.15, 0.2) is 0 Å². The summed E-state index contributed by atoms with van der Waals surface area (Å²) < 4.78 is 11.3. The minimum atomic E-state index is -0.521. The molecule has 0 radical (unpaired) electrons. The van der Waals surface area contributed by atoms with Crippen molar-refractivity contribution in [3.63, 3.8) is 0 Å². The number of aromatic nitrogens is 1. The first-order chi connectivity index (χ1) is 8.66. The van der Waals surface area contributed by atoms with E-state index in [1.165, 1.54) is 12.3 Å². The molecule has 0 spiro atoms. The zero-order valence-corrected chi connectivity index (χ0v) is 11.1. The Kier molecular flexibility index (Phi) is 4.45. The van der Waals surface area contributed by atoms with E-state index in [9.17, 15) is 10.1 Å². The molecule has 2 rings (SSSR count). The number of ether oxygens (including phenoxy) is 2. The van der Waals surface area contributed by atoms with E-state index in [0.717, 1.165) is 6.54 Å². The van der Waals surface area contributed by atoms with Gasteiger partial charge in [0.25, 0.3) is 5.88 Å². The molecule has 8 heteroatoms. The largest absolute Gasteiger partial charge is 0.470 e. The Morgan fingerprint density at radius 3 is 3.22 bits per heavy atom. The second kappa shape index (κ2) is 6.07. The molecule has 18 heavy (non-hydrogen) atoms. The monoisotopic (exact) mass is 317 g/mol. The number of rotatable bonds is 4. The van der Waals surface area contributed by atoms with Crippen molar-refractivity contribution in [1.82, 2.24) is 10.3 Å². The topological polar surface area (TPSA) is 86.5 Å². The lowest BCUT2D eigenvalue weighted by Gasteiger charge is -2.23. The quantitative estimate of drug-likeness (QED) is 0.661. The fourth-order valence-corrected chi connectivity index (χ4v) is 1.88. The minimum absolute atomic E-state index is 0.0115. The van der Waals surface area contributed by atoms with Crippen molar-refractivity contribution in [2.24, 2.45) is 0 Å². The molecular weight excluding hydrogens is 306 g/mol. The molecule has 1 aromatic rings. The molecule has 1 fully saturated rings. The Labute approximate surface area is 112 Å². The zero-order valence-electron chi connectivity index (χ0n) is 9.47. The predicted octanol–water partition coefficient (Wildman–Crippen LogP) is 1.12. The van der Waals surface area contributed by atoms with E-state index in [-0.39, 0.29) is 24.3 Å². The molecule has 7 nitrogen and oxygen atoms in total. The molecule has 0 bridgehead atoms. The first-order valence-electron chi connectivity index (χ1n) is 5.42. The lowest BCUT2D eigenvalue weighted by atomic mass is 10.3. The van der Waals surface area contributed by atoms with Crippen molar-refractivity contribution in [3.05, 3.63) is 26.9 Å². The lowest BCUT2D eigenvalue weighted by molar-refractivity contribution is -0.386. The number of nitrogens with one attached hydrogen (secondary N) is 1. The van der Waals surface area contributed by atoms with E-state index < -0.39 is 4.92 Å². The first-order valence-corrected chi connectivity index (χ1v) is 6.21. The summed E-state index contributed by atoms with van der Waals surface area (Å²) in [6, 6.07) is 1.36. The van der Waals surface area contributed by atoms with E-state index >= 15 is 0 Å². The van der Waals surface area contributed by atoms with Crippen LogP contribution in [0.3, 0.4) is 0 Å². The molecule has 0 aromatic carbocycles. The number of hydrogen-bond donors (Lipinski definition) is 1. The van der Waals surface area contributed by atoms with Gasteiger partial charge < -0.3 is 14.8 Å². The van der Waals surface area contributed by atoms with Crippen molar-refractivity contribution >= 4 is 21.6 Å². The van der Waals surface area contributed by atoms with Crippen LogP contribution in [0.25, 0.3) is 0 Å². The lowest BCUT2D eigenvalue weighted by Crippen LogP contribution is -2.41. The van der Waals surface area contributed by atoms with Crippen LogP contribution in [0.2, 0.25) is 0 Å². The van der Waals surface area contributed by atoms with Crippen LogP contribution in [-0.4, -0.2) is 42.3 Å². The van der Waals surface area contributed by atoms with Crippen LogP contribution >= 0.6 is 15.9 Å². The second-order valence-corrected chi connectivity index (χ2v) is 4.66. The van der Waals surface area contributed by atoms with Crippen LogP contribution in [0.15, 0.2) is 16.7 Å². The Hall–Kier alpha value is -1.25. The van der Waals surface area contributed by atoms with Crippen LogP contribution in [0.1, 0.15) is 0 Å². The van der Waals surface area contributed by atoms with Gasteiger partial charge in [0.2, 0.25) is 0 Å². The zero-order chi connectivity index (χ0) is 13.0. The van der Waals surface area contributed by atoms with Gasteiger partial charge in [0, 0.05) is 29.8 Å². The van der Waals surface area contributed by atoms with Crippen LogP contribution < -0.4 is 10.1 Å². The van der Waals surface area contributed by atoms with Crippen LogP contribution in [0, 0.1) is 10.1 Å². The summed E-state index contributed by atoms with van der Waals surface area (Å²) in [5, 5.41) is 14.0. The number of nitrogens with zero attached hydrogens (tertiary/aromatic N) is 2. The van der Waals surface area contributed by atoms with Gasteiger partial charge >= 0.3 is 5.69 Å². The second-order valence-electron chi connectivity index (χ2n) is 3.74. The maximum Gasteiger partial charge on any atom is 0.332 e. The van der Waals surface area contributed by atoms with Crippen molar-refractivity contribution in [2.75, 3.05) is 26.3 Å². The summed E-state index contributed by atoms with van der Waals surface area (Å²) in [4.78, 5) is 14.2. The summed E-state index contributed by atoms with van der Waals surface area (Å²) >= 11 is 3.14. The average Bonchev–Trinajstić information content (AvgIpc) is 2.38. The Morgan fingerprint density at radius 2 is 2.56 bits per heavy atom. The fraction of sp³-hybridized carbons (Fsp3) is 0.500. The maximum absolute atomic E-state index is 10.8. The number of morpholine rings is 1. The SMILES string of the molecule is O=[N+]([O-])c1cc(Br)cnc1OCC1CNCCO1. The highest BCUT2D eigenvalue weighted by atomic mass is 79.9. The maximum atomic E-state index is 10.8. The predicted molar refractivity (Wildman–Crippen MR) is 66.7 cm³/mol. The number of pyridine rings is 1. The van der Waals surface area contributed by atoms with Gasteiger partial charge in [-0.15, -0.1) is 0 Å². The van der Waals surface area contributed by atoms with Gasteiger partial charge in [-0.3, -0.25) is 10.1 Å². The molecule has 0 amide bonds. The molecule has 1 saturated heterocycles. The number of nitro groups is 1. The molecule has 1 aliphatic rings. The Balaban J connectivity index is 2.01. The molecule has 1 unspecified atom stereocenters. The van der Waals surface area contributed by atoms with Crippen molar-refractivity contribution in [1.29, 1.82) is 0 Å². The van der Waals surface area contributed by atoms with Crippen LogP contribution in [-0.2, 0) is 4.74 Å². The molecule has 2 heterocycles.